The summed E-state index contributed by atoms with van der Waals surface area (Å²) in [5, 5.41) is 1.09. The van der Waals surface area contributed by atoms with Crippen LogP contribution in [0.3, 0.4) is 0 Å². The molecule has 15 heavy (non-hydrogen) atoms. The summed E-state index contributed by atoms with van der Waals surface area (Å²) in [7, 11) is 1.80. The van der Waals surface area contributed by atoms with Gasteiger partial charge in [0.25, 0.3) is 0 Å². The zero-order valence-corrected chi connectivity index (χ0v) is 9.16. The lowest BCUT2D eigenvalue weighted by Crippen LogP contribution is -2.23. The highest BCUT2D eigenvalue weighted by Gasteiger charge is 2.14. The van der Waals surface area contributed by atoms with Gasteiger partial charge in [0.05, 0.1) is 5.69 Å². The molecule has 3 heteroatoms. The monoisotopic (exact) mass is 202 g/mol. The maximum Gasteiger partial charge on any atom is 0.223 e. The minimum atomic E-state index is 0.0443. The molecular weight excluding hydrogens is 188 g/mol. The predicted molar refractivity (Wildman–Crippen MR) is 62.1 cm³/mol. The number of anilines is 1. The van der Waals surface area contributed by atoms with Crippen LogP contribution >= 0.6 is 0 Å². The van der Waals surface area contributed by atoms with Crippen LogP contribution in [0.1, 0.15) is 12.6 Å². The molecule has 0 bridgehead atoms. The van der Waals surface area contributed by atoms with Gasteiger partial charge in [-0.2, -0.15) is 0 Å². The van der Waals surface area contributed by atoms with Gasteiger partial charge in [0.15, 0.2) is 0 Å². The molecule has 1 aromatic carbocycles. The average molecular weight is 202 g/mol. The van der Waals surface area contributed by atoms with Crippen LogP contribution in [0.4, 0.5) is 5.69 Å². The Morgan fingerprint density at radius 3 is 2.67 bits per heavy atom. The number of benzene rings is 1. The van der Waals surface area contributed by atoms with Crippen molar-refractivity contribution in [3.05, 3.63) is 30.0 Å². The lowest BCUT2D eigenvalue weighted by molar-refractivity contribution is -0.116. The summed E-state index contributed by atoms with van der Waals surface area (Å²) in [5.41, 5.74) is 3.06. The second-order valence-electron chi connectivity index (χ2n) is 3.72. The molecule has 0 aliphatic rings. The molecule has 3 nitrogen and oxygen atoms in total. The number of amides is 1. The third-order valence-electron chi connectivity index (χ3n) is 2.67. The Kier molecular flexibility index (Phi) is 2.23. The lowest BCUT2D eigenvalue weighted by Gasteiger charge is -2.14. The van der Waals surface area contributed by atoms with E-state index in [9.17, 15) is 4.79 Å². The summed E-state index contributed by atoms with van der Waals surface area (Å²) < 4.78 is 0. The molecule has 0 saturated heterocycles. The Balaban J connectivity index is 2.68. The number of hydrogen-bond donors (Lipinski definition) is 1. The first kappa shape index (κ1) is 9.77. The topological polar surface area (TPSA) is 36.1 Å². The Bertz CT molecular complexity index is 513. The molecule has 0 atom stereocenters. The number of aromatic nitrogens is 1. The molecule has 0 saturated carbocycles. The largest absolute Gasteiger partial charge is 0.357 e. The SMILES string of the molecule is CC(=O)N(C)c1c(C)[nH]c2ccccc12. The van der Waals surface area contributed by atoms with Gasteiger partial charge in [0, 0.05) is 30.6 Å². The van der Waals surface area contributed by atoms with Crippen LogP contribution in [0.15, 0.2) is 24.3 Å². The van der Waals surface area contributed by atoms with Crippen LogP contribution in [0.5, 0.6) is 0 Å². The van der Waals surface area contributed by atoms with Gasteiger partial charge in [-0.05, 0) is 13.0 Å². The number of para-hydroxylation sites is 1. The van der Waals surface area contributed by atoms with Gasteiger partial charge < -0.3 is 9.88 Å². The predicted octanol–water partition coefficient (Wildman–Crippen LogP) is 2.46. The quantitative estimate of drug-likeness (QED) is 0.757. The first-order valence-corrected chi connectivity index (χ1v) is 4.93. The number of aryl methyl sites for hydroxylation is 1. The number of H-pyrrole nitrogens is 1. The minimum Gasteiger partial charge on any atom is -0.357 e. The second-order valence-corrected chi connectivity index (χ2v) is 3.72. The molecule has 1 heterocycles. The molecule has 0 unspecified atom stereocenters. The number of hydrogen-bond acceptors (Lipinski definition) is 1. The second kappa shape index (κ2) is 3.42. The van der Waals surface area contributed by atoms with Crippen LogP contribution in [-0.2, 0) is 4.79 Å². The Labute approximate surface area is 88.7 Å². The Morgan fingerprint density at radius 1 is 1.33 bits per heavy atom. The van der Waals surface area contributed by atoms with Crippen LogP contribution in [0.2, 0.25) is 0 Å². The normalized spacial score (nSPS) is 10.6. The molecule has 78 valence electrons. The zero-order chi connectivity index (χ0) is 11.0. The molecule has 0 fully saturated rings. The molecule has 2 aromatic rings. The molecular formula is C12H14N2O. The van der Waals surface area contributed by atoms with E-state index in [0.717, 1.165) is 22.3 Å². The van der Waals surface area contributed by atoms with Crippen LogP contribution < -0.4 is 4.90 Å². The number of carbonyl (C=O) groups is 1. The van der Waals surface area contributed by atoms with Crippen molar-refractivity contribution in [2.24, 2.45) is 0 Å². The smallest absolute Gasteiger partial charge is 0.223 e. The van der Waals surface area contributed by atoms with Crippen molar-refractivity contribution in [3.63, 3.8) is 0 Å². The zero-order valence-electron chi connectivity index (χ0n) is 9.16. The van der Waals surface area contributed by atoms with Gasteiger partial charge in [-0.15, -0.1) is 0 Å². The summed E-state index contributed by atoms with van der Waals surface area (Å²) in [6.07, 6.45) is 0. The van der Waals surface area contributed by atoms with Gasteiger partial charge in [-0.3, -0.25) is 4.79 Å². The number of rotatable bonds is 1. The maximum atomic E-state index is 11.4. The highest BCUT2D eigenvalue weighted by Crippen LogP contribution is 2.29. The molecule has 2 rings (SSSR count). The van der Waals surface area contributed by atoms with Crippen molar-refractivity contribution in [1.29, 1.82) is 0 Å². The summed E-state index contributed by atoms with van der Waals surface area (Å²) in [6.45, 7) is 3.55. The van der Waals surface area contributed by atoms with E-state index in [2.05, 4.69) is 4.98 Å². The average Bonchev–Trinajstić information content (AvgIpc) is 2.52. The highest BCUT2D eigenvalue weighted by atomic mass is 16.2. The third kappa shape index (κ3) is 1.50. The van der Waals surface area contributed by atoms with E-state index < -0.39 is 0 Å². The van der Waals surface area contributed by atoms with E-state index in [1.54, 1.807) is 18.9 Å². The van der Waals surface area contributed by atoms with E-state index in [0.29, 0.717) is 0 Å². The number of carbonyl (C=O) groups excluding carboxylic acids is 1. The van der Waals surface area contributed by atoms with E-state index in [-0.39, 0.29) is 5.91 Å². The number of fused-ring (bicyclic) bond motifs is 1. The van der Waals surface area contributed by atoms with Crippen molar-refractivity contribution in [2.75, 3.05) is 11.9 Å². The molecule has 1 aromatic heterocycles. The van der Waals surface area contributed by atoms with Crippen molar-refractivity contribution in [2.45, 2.75) is 13.8 Å². The Morgan fingerprint density at radius 2 is 2.00 bits per heavy atom. The molecule has 0 aliphatic heterocycles. The minimum absolute atomic E-state index is 0.0443. The fourth-order valence-electron chi connectivity index (χ4n) is 1.85. The molecule has 0 aliphatic carbocycles. The van der Waals surface area contributed by atoms with Crippen molar-refractivity contribution < 1.29 is 4.79 Å². The standard InChI is InChI=1S/C12H14N2O/c1-8-12(14(3)9(2)15)10-6-4-5-7-11(10)13-8/h4-7,13H,1-3H3. The van der Waals surface area contributed by atoms with Crippen molar-refractivity contribution in [1.82, 2.24) is 4.98 Å². The Hall–Kier alpha value is -1.77. The maximum absolute atomic E-state index is 11.4. The van der Waals surface area contributed by atoms with Crippen LogP contribution in [0.25, 0.3) is 10.9 Å². The number of nitrogens with one attached hydrogen (secondary N) is 1. The first-order valence-electron chi connectivity index (χ1n) is 4.93. The first-order chi connectivity index (χ1) is 7.11. The van der Waals surface area contributed by atoms with Gasteiger partial charge in [0.1, 0.15) is 0 Å². The van der Waals surface area contributed by atoms with E-state index in [1.807, 2.05) is 31.2 Å². The number of aromatic amines is 1. The third-order valence-corrected chi connectivity index (χ3v) is 2.67. The van der Waals surface area contributed by atoms with Gasteiger partial charge in [0.2, 0.25) is 5.91 Å². The summed E-state index contributed by atoms with van der Waals surface area (Å²) in [6, 6.07) is 8.00. The highest BCUT2D eigenvalue weighted by molar-refractivity contribution is 6.03. The van der Waals surface area contributed by atoms with E-state index in [1.165, 1.54) is 0 Å². The fraction of sp³-hybridized carbons (Fsp3) is 0.250. The van der Waals surface area contributed by atoms with Gasteiger partial charge >= 0.3 is 0 Å². The molecule has 0 spiro atoms. The summed E-state index contributed by atoms with van der Waals surface area (Å²) in [4.78, 5) is 16.3. The summed E-state index contributed by atoms with van der Waals surface area (Å²) in [5.74, 6) is 0.0443. The van der Waals surface area contributed by atoms with E-state index in [4.69, 9.17) is 0 Å². The van der Waals surface area contributed by atoms with Crippen LogP contribution in [-0.4, -0.2) is 17.9 Å². The van der Waals surface area contributed by atoms with Gasteiger partial charge in [-0.1, -0.05) is 18.2 Å². The van der Waals surface area contributed by atoms with Crippen molar-refractivity contribution >= 4 is 22.5 Å². The molecule has 1 amide bonds. The van der Waals surface area contributed by atoms with Crippen LogP contribution in [0, 0.1) is 6.92 Å². The van der Waals surface area contributed by atoms with E-state index >= 15 is 0 Å². The number of nitrogens with zero attached hydrogens (tertiary/aromatic N) is 1. The lowest BCUT2D eigenvalue weighted by atomic mass is 10.2. The molecule has 0 radical (unpaired) electrons. The fourth-order valence-corrected chi connectivity index (χ4v) is 1.85. The van der Waals surface area contributed by atoms with Gasteiger partial charge in [-0.25, -0.2) is 0 Å². The molecule has 1 N–H and O–H groups in total. The summed E-state index contributed by atoms with van der Waals surface area (Å²) >= 11 is 0. The van der Waals surface area contributed by atoms with Crippen molar-refractivity contribution in [3.8, 4) is 0 Å².